The molecule has 7 nitrogen and oxygen atoms in total. The third-order valence-electron chi connectivity index (χ3n) is 4.14. The van der Waals surface area contributed by atoms with Crippen LogP contribution in [-0.2, 0) is 19.8 Å². The lowest BCUT2D eigenvalue weighted by Gasteiger charge is -2.54. The Morgan fingerprint density at radius 2 is 1.62 bits per heavy atom. The van der Waals surface area contributed by atoms with Crippen molar-refractivity contribution in [3.8, 4) is 0 Å². The number of nitrogens with zero attached hydrogens (tertiary/aromatic N) is 2. The van der Waals surface area contributed by atoms with Crippen LogP contribution in [0.1, 0.15) is 24.5 Å². The van der Waals surface area contributed by atoms with E-state index in [1.165, 1.54) is 12.2 Å². The van der Waals surface area contributed by atoms with Crippen LogP contribution in [0.5, 0.6) is 0 Å². The van der Waals surface area contributed by atoms with Gasteiger partial charge in [-0.2, -0.15) is 5.01 Å². The van der Waals surface area contributed by atoms with Crippen LogP contribution in [0.15, 0.2) is 49.6 Å². The Kier molecular flexibility index (Phi) is 5.82. The second-order valence-corrected chi connectivity index (χ2v) is 5.74. The quantitative estimate of drug-likeness (QED) is 0.729. The third-order valence-corrected chi connectivity index (χ3v) is 4.14. The summed E-state index contributed by atoms with van der Waals surface area (Å²) in [5.41, 5.74) is 0.285. The lowest BCUT2D eigenvalue weighted by atomic mass is 9.81. The minimum absolute atomic E-state index is 0.0488. The van der Waals surface area contributed by atoms with Crippen molar-refractivity contribution in [2.45, 2.75) is 25.8 Å². The van der Waals surface area contributed by atoms with E-state index in [1.54, 1.807) is 19.1 Å². The predicted octanol–water partition coefficient (Wildman–Crippen LogP) is 3.30. The van der Waals surface area contributed by atoms with Crippen LogP contribution < -0.4 is 0 Å². The zero-order valence-corrected chi connectivity index (χ0v) is 14.9. The summed E-state index contributed by atoms with van der Waals surface area (Å²) < 4.78 is 10.00. The molecule has 7 heteroatoms. The standard InChI is InChI=1S/C19H22N2O5/c1-5-12-25-17(23)20-16(22)19(7-3,15-10-8-14(4)9-11-15)21(20)18(24)26-13-6-2/h5-6,8-11H,1-2,7,12-13H2,3-4H3/t19-/m0/s1. The minimum Gasteiger partial charge on any atom is -0.444 e. The summed E-state index contributed by atoms with van der Waals surface area (Å²) in [7, 11) is 0. The maximum atomic E-state index is 12.9. The van der Waals surface area contributed by atoms with Gasteiger partial charge >= 0.3 is 12.2 Å². The molecule has 1 saturated heterocycles. The molecule has 1 heterocycles. The van der Waals surface area contributed by atoms with E-state index in [-0.39, 0.29) is 19.6 Å². The Bertz CT molecular complexity index is 728. The van der Waals surface area contributed by atoms with E-state index in [2.05, 4.69) is 13.2 Å². The highest BCUT2D eigenvalue weighted by molar-refractivity contribution is 6.06. The van der Waals surface area contributed by atoms with Crippen LogP contribution in [0.3, 0.4) is 0 Å². The van der Waals surface area contributed by atoms with Crippen molar-refractivity contribution < 1.29 is 23.9 Å². The highest BCUT2D eigenvalue weighted by Crippen LogP contribution is 2.44. The maximum absolute atomic E-state index is 12.9. The van der Waals surface area contributed by atoms with Crippen LogP contribution in [0, 0.1) is 6.92 Å². The second-order valence-electron chi connectivity index (χ2n) is 5.74. The zero-order chi connectivity index (χ0) is 19.3. The van der Waals surface area contributed by atoms with E-state index in [0.29, 0.717) is 10.6 Å². The number of hydrazine groups is 1. The lowest BCUT2D eigenvalue weighted by Crippen LogP contribution is -2.77. The van der Waals surface area contributed by atoms with Crippen molar-refractivity contribution in [1.29, 1.82) is 0 Å². The topological polar surface area (TPSA) is 76.2 Å². The van der Waals surface area contributed by atoms with Crippen molar-refractivity contribution in [1.82, 2.24) is 10.0 Å². The van der Waals surface area contributed by atoms with Gasteiger partial charge in [0.05, 0.1) is 0 Å². The average molecular weight is 358 g/mol. The normalized spacial score (nSPS) is 18.8. The molecule has 1 aromatic carbocycles. The first kappa shape index (κ1) is 19.2. The molecule has 138 valence electrons. The van der Waals surface area contributed by atoms with Gasteiger partial charge in [0.25, 0.3) is 5.91 Å². The Hall–Kier alpha value is -3.09. The molecule has 0 aromatic heterocycles. The number of carbonyl (C=O) groups is 3. The molecule has 0 spiro atoms. The van der Waals surface area contributed by atoms with E-state index in [1.807, 2.05) is 19.1 Å². The van der Waals surface area contributed by atoms with Crippen LogP contribution in [0.2, 0.25) is 0 Å². The van der Waals surface area contributed by atoms with E-state index in [0.717, 1.165) is 10.6 Å². The number of imide groups is 1. The van der Waals surface area contributed by atoms with Gasteiger partial charge in [-0.3, -0.25) is 4.79 Å². The first-order valence-electron chi connectivity index (χ1n) is 8.21. The van der Waals surface area contributed by atoms with Crippen LogP contribution >= 0.6 is 0 Å². The molecular formula is C19H22N2O5. The van der Waals surface area contributed by atoms with Crippen molar-refractivity contribution in [3.63, 3.8) is 0 Å². The first-order valence-corrected chi connectivity index (χ1v) is 8.21. The molecule has 26 heavy (non-hydrogen) atoms. The minimum atomic E-state index is -1.32. The van der Waals surface area contributed by atoms with Gasteiger partial charge in [-0.1, -0.05) is 62.1 Å². The fraction of sp³-hybridized carbons (Fsp3) is 0.316. The Morgan fingerprint density at radius 3 is 2.12 bits per heavy atom. The number of ether oxygens (including phenoxy) is 2. The molecule has 1 aliphatic heterocycles. The summed E-state index contributed by atoms with van der Waals surface area (Å²) in [6.07, 6.45) is 1.25. The molecule has 0 saturated carbocycles. The second kappa shape index (κ2) is 7.86. The number of hydrogen-bond acceptors (Lipinski definition) is 5. The van der Waals surface area contributed by atoms with Gasteiger partial charge in [0.1, 0.15) is 13.2 Å². The van der Waals surface area contributed by atoms with Gasteiger partial charge in [-0.05, 0) is 18.9 Å². The number of rotatable bonds is 6. The summed E-state index contributed by atoms with van der Waals surface area (Å²) in [6.45, 7) is 10.5. The molecular weight excluding hydrogens is 336 g/mol. The van der Waals surface area contributed by atoms with Gasteiger partial charge in [0.15, 0.2) is 5.54 Å². The van der Waals surface area contributed by atoms with Crippen LogP contribution in [0.4, 0.5) is 9.59 Å². The number of amides is 3. The molecule has 3 amide bonds. The first-order chi connectivity index (χ1) is 12.4. The van der Waals surface area contributed by atoms with Crippen molar-refractivity contribution in [2.24, 2.45) is 0 Å². The highest BCUT2D eigenvalue weighted by atomic mass is 16.6. The highest BCUT2D eigenvalue weighted by Gasteiger charge is 2.65. The van der Waals surface area contributed by atoms with E-state index in [4.69, 9.17) is 9.47 Å². The summed E-state index contributed by atoms with van der Waals surface area (Å²) in [5.74, 6) is -0.548. The van der Waals surface area contributed by atoms with Gasteiger partial charge in [-0.25, -0.2) is 9.59 Å². The predicted molar refractivity (Wildman–Crippen MR) is 94.9 cm³/mol. The van der Waals surface area contributed by atoms with Crippen molar-refractivity contribution in [3.05, 3.63) is 60.7 Å². The average Bonchev–Trinajstić information content (AvgIpc) is 2.64. The summed E-state index contributed by atoms with van der Waals surface area (Å²) in [6, 6.07) is 7.20. The fourth-order valence-electron chi connectivity index (χ4n) is 2.85. The molecule has 1 fully saturated rings. The summed E-state index contributed by atoms with van der Waals surface area (Å²) in [5, 5.41) is 1.67. The maximum Gasteiger partial charge on any atom is 0.436 e. The monoisotopic (exact) mass is 358 g/mol. The van der Waals surface area contributed by atoms with Crippen LogP contribution in [-0.4, -0.2) is 41.3 Å². The zero-order valence-electron chi connectivity index (χ0n) is 14.9. The Labute approximate surface area is 152 Å². The van der Waals surface area contributed by atoms with Gasteiger partial charge in [-0.15, -0.1) is 5.01 Å². The van der Waals surface area contributed by atoms with Crippen molar-refractivity contribution >= 4 is 18.1 Å². The molecule has 1 aliphatic rings. The molecule has 0 unspecified atom stereocenters. The van der Waals surface area contributed by atoms with Crippen LogP contribution in [0.25, 0.3) is 0 Å². The van der Waals surface area contributed by atoms with E-state index in [9.17, 15) is 14.4 Å². The third kappa shape index (κ3) is 3.08. The molecule has 2 rings (SSSR count). The number of hydrogen-bond donors (Lipinski definition) is 0. The molecule has 1 atom stereocenters. The van der Waals surface area contributed by atoms with E-state index < -0.39 is 23.6 Å². The largest absolute Gasteiger partial charge is 0.444 e. The molecule has 0 N–H and O–H groups in total. The smallest absolute Gasteiger partial charge is 0.436 e. The lowest BCUT2D eigenvalue weighted by molar-refractivity contribution is -0.202. The molecule has 0 aliphatic carbocycles. The van der Waals surface area contributed by atoms with Crippen molar-refractivity contribution in [2.75, 3.05) is 13.2 Å². The molecule has 0 bridgehead atoms. The number of benzene rings is 1. The van der Waals surface area contributed by atoms with Gasteiger partial charge < -0.3 is 9.47 Å². The van der Waals surface area contributed by atoms with E-state index >= 15 is 0 Å². The Balaban J connectivity index is 2.44. The summed E-state index contributed by atoms with van der Waals surface area (Å²) >= 11 is 0. The molecule has 0 radical (unpaired) electrons. The molecule has 1 aromatic rings. The summed E-state index contributed by atoms with van der Waals surface area (Å²) in [4.78, 5) is 37.7. The SMILES string of the molecule is C=CCOC(=O)N1C(=O)[C@](CC)(c2ccc(C)cc2)N1C(=O)OCC=C. The number of carbonyl (C=O) groups excluding carboxylic acids is 3. The Morgan fingerprint density at radius 1 is 1.08 bits per heavy atom. The van der Waals surface area contributed by atoms with Gasteiger partial charge in [0.2, 0.25) is 0 Å². The number of aryl methyl sites for hydroxylation is 1. The fourth-order valence-corrected chi connectivity index (χ4v) is 2.85. The van der Waals surface area contributed by atoms with Gasteiger partial charge in [0, 0.05) is 0 Å².